The fourth-order valence-electron chi connectivity index (χ4n) is 1.29. The average Bonchev–Trinajstić information content (AvgIpc) is 2.40. The van der Waals surface area contributed by atoms with E-state index in [0.717, 1.165) is 0 Å². The molecule has 0 saturated carbocycles. The predicted octanol–water partition coefficient (Wildman–Crippen LogP) is 2.58. The summed E-state index contributed by atoms with van der Waals surface area (Å²) >= 11 is 9.49. The van der Waals surface area contributed by atoms with Crippen molar-refractivity contribution in [1.82, 2.24) is 0 Å². The minimum absolute atomic E-state index is 0. The summed E-state index contributed by atoms with van der Waals surface area (Å²) in [6.07, 6.45) is 0. The van der Waals surface area contributed by atoms with Crippen molar-refractivity contribution in [2.75, 3.05) is 0 Å². The molecular weight excluding hydrogens is 362 g/mol. The molecule has 0 heterocycles. The zero-order valence-electron chi connectivity index (χ0n) is 10.9. The summed E-state index contributed by atoms with van der Waals surface area (Å²) in [7, 11) is 0. The molecule has 2 rings (SSSR count). The van der Waals surface area contributed by atoms with Crippen LogP contribution in [-0.2, 0) is 44.7 Å². The molecular formula is C14H10O4S2Zn. The van der Waals surface area contributed by atoms with Crippen LogP contribution in [0.15, 0.2) is 58.3 Å². The number of aromatic carboxylic acids is 2. The van der Waals surface area contributed by atoms with Crippen molar-refractivity contribution in [2.45, 2.75) is 9.79 Å². The van der Waals surface area contributed by atoms with Gasteiger partial charge in [0, 0.05) is 11.1 Å². The Labute approximate surface area is 145 Å². The van der Waals surface area contributed by atoms with Crippen molar-refractivity contribution in [3.8, 4) is 0 Å². The first-order chi connectivity index (χ1) is 9.43. The van der Waals surface area contributed by atoms with Crippen LogP contribution < -0.4 is 0 Å². The monoisotopic (exact) mass is 370 g/mol. The molecule has 21 heavy (non-hydrogen) atoms. The summed E-state index contributed by atoms with van der Waals surface area (Å²) < 4.78 is 0. The van der Waals surface area contributed by atoms with Crippen molar-refractivity contribution in [2.24, 2.45) is 0 Å². The molecule has 0 aliphatic heterocycles. The topological polar surface area (TPSA) is 74.6 Å². The van der Waals surface area contributed by atoms with Gasteiger partial charge in [-0.15, -0.1) is 0 Å². The Morgan fingerprint density at radius 1 is 0.714 bits per heavy atom. The van der Waals surface area contributed by atoms with Crippen molar-refractivity contribution >= 4 is 37.2 Å². The van der Waals surface area contributed by atoms with Gasteiger partial charge in [0.2, 0.25) is 0 Å². The molecule has 0 bridgehead atoms. The van der Waals surface area contributed by atoms with Crippen LogP contribution in [0, 0.1) is 0 Å². The van der Waals surface area contributed by atoms with Crippen molar-refractivity contribution in [1.29, 1.82) is 0 Å². The molecule has 0 aliphatic carbocycles. The molecule has 2 N–H and O–H groups in total. The van der Waals surface area contributed by atoms with E-state index in [1.807, 2.05) is 0 Å². The second-order valence-corrected chi connectivity index (χ2v) is 4.48. The van der Waals surface area contributed by atoms with Crippen molar-refractivity contribution in [3.63, 3.8) is 0 Å². The van der Waals surface area contributed by atoms with Gasteiger partial charge in [-0.3, -0.25) is 0 Å². The average molecular weight is 372 g/mol. The molecule has 0 amide bonds. The molecule has 0 atom stereocenters. The second kappa shape index (κ2) is 9.39. The quantitative estimate of drug-likeness (QED) is 0.624. The Kier molecular flexibility index (Phi) is 8.70. The third-order valence-corrected chi connectivity index (χ3v) is 2.95. The summed E-state index contributed by atoms with van der Waals surface area (Å²) in [5, 5.41) is 17.0. The van der Waals surface area contributed by atoms with E-state index in [9.17, 15) is 9.59 Å². The first kappa shape index (κ1) is 19.4. The molecule has 0 spiro atoms. The first-order valence-electron chi connectivity index (χ1n) is 5.42. The van der Waals surface area contributed by atoms with Crippen LogP contribution in [-0.4, -0.2) is 22.2 Å². The van der Waals surface area contributed by atoms with E-state index in [0.29, 0.717) is 9.79 Å². The van der Waals surface area contributed by atoms with Gasteiger partial charge >= 0.3 is 31.4 Å². The minimum Gasteiger partial charge on any atom is -0.779 e. The van der Waals surface area contributed by atoms with E-state index in [-0.39, 0.29) is 30.6 Å². The SMILES string of the molecule is O=C(O)c1ccccc1[S-].O=C(O)c1ccccc1[S-].[Zn+2]. The van der Waals surface area contributed by atoms with Crippen LogP contribution >= 0.6 is 0 Å². The fraction of sp³-hybridized carbons (Fsp3) is 0. The summed E-state index contributed by atoms with van der Waals surface area (Å²) in [5.41, 5.74) is 0.384. The van der Waals surface area contributed by atoms with Crippen molar-refractivity contribution < 1.29 is 39.3 Å². The van der Waals surface area contributed by atoms with E-state index in [2.05, 4.69) is 0 Å². The molecule has 0 aromatic heterocycles. The van der Waals surface area contributed by atoms with E-state index in [4.69, 9.17) is 35.5 Å². The van der Waals surface area contributed by atoms with Crippen LogP contribution in [0.5, 0.6) is 0 Å². The first-order valence-corrected chi connectivity index (χ1v) is 6.23. The molecule has 2 aromatic rings. The Bertz CT molecular complexity index is 576. The van der Waals surface area contributed by atoms with Gasteiger partial charge in [-0.05, 0) is 12.1 Å². The third-order valence-electron chi connectivity index (χ3n) is 2.23. The van der Waals surface area contributed by atoms with Gasteiger partial charge in [0.05, 0.1) is 0 Å². The number of carboxylic acids is 2. The minimum atomic E-state index is -0.967. The Hall–Kier alpha value is -1.56. The standard InChI is InChI=1S/2C7H6O2S.Zn/c2*8-7(9)5-3-1-2-4-6(5)10;/h2*1-4,10H,(H,8,9);/q;;+2/p-2. The van der Waals surface area contributed by atoms with Gasteiger partial charge in [-0.1, -0.05) is 36.4 Å². The van der Waals surface area contributed by atoms with E-state index >= 15 is 0 Å². The maximum atomic E-state index is 10.4. The smallest absolute Gasteiger partial charge is 0.779 e. The summed E-state index contributed by atoms with van der Waals surface area (Å²) in [5.74, 6) is -1.93. The number of carboxylic acid groups (broad SMARTS) is 2. The van der Waals surface area contributed by atoms with Gasteiger partial charge in [0.25, 0.3) is 0 Å². The molecule has 0 aliphatic rings. The molecule has 4 nitrogen and oxygen atoms in total. The van der Waals surface area contributed by atoms with Gasteiger partial charge < -0.3 is 35.5 Å². The van der Waals surface area contributed by atoms with Crippen LogP contribution in [0.2, 0.25) is 0 Å². The summed E-state index contributed by atoms with van der Waals surface area (Å²) in [6, 6.07) is 12.9. The number of carbonyl (C=O) groups is 2. The molecule has 0 saturated heterocycles. The normalized spacial score (nSPS) is 8.76. The third kappa shape index (κ3) is 6.16. The van der Waals surface area contributed by atoms with E-state index < -0.39 is 11.9 Å². The molecule has 0 unspecified atom stereocenters. The van der Waals surface area contributed by atoms with Gasteiger partial charge in [0.15, 0.2) is 0 Å². The zero-order valence-corrected chi connectivity index (χ0v) is 15.5. The maximum Gasteiger partial charge on any atom is 2.00 e. The molecule has 7 heteroatoms. The fourth-order valence-corrected chi connectivity index (χ4v) is 1.75. The predicted molar refractivity (Wildman–Crippen MR) is 78.1 cm³/mol. The van der Waals surface area contributed by atoms with Crippen molar-refractivity contribution in [3.05, 3.63) is 59.7 Å². The van der Waals surface area contributed by atoms with E-state index in [1.165, 1.54) is 12.1 Å². The molecule has 0 fully saturated rings. The largest absolute Gasteiger partial charge is 2.00 e. The summed E-state index contributed by atoms with van der Waals surface area (Å²) in [4.78, 5) is 21.5. The van der Waals surface area contributed by atoms with Crippen LogP contribution in [0.1, 0.15) is 20.7 Å². The van der Waals surface area contributed by atoms with Crippen LogP contribution in [0.25, 0.3) is 0 Å². The van der Waals surface area contributed by atoms with Gasteiger partial charge in [0.1, 0.15) is 0 Å². The number of benzene rings is 2. The van der Waals surface area contributed by atoms with Gasteiger partial charge in [-0.2, -0.15) is 9.79 Å². The summed E-state index contributed by atoms with van der Waals surface area (Å²) in [6.45, 7) is 0. The zero-order chi connectivity index (χ0) is 15.1. The van der Waals surface area contributed by atoms with Gasteiger partial charge in [-0.25, -0.2) is 9.59 Å². The van der Waals surface area contributed by atoms with E-state index in [1.54, 1.807) is 36.4 Å². The number of hydrogen-bond donors (Lipinski definition) is 2. The Balaban J connectivity index is 0.000000364. The molecule has 0 radical (unpaired) electrons. The van der Waals surface area contributed by atoms with Crippen LogP contribution in [0.4, 0.5) is 0 Å². The molecule has 104 valence electrons. The maximum absolute atomic E-state index is 10.4. The van der Waals surface area contributed by atoms with Crippen LogP contribution in [0.3, 0.4) is 0 Å². The Morgan fingerprint density at radius 2 is 1.00 bits per heavy atom. The second-order valence-electron chi connectivity index (χ2n) is 3.60. The Morgan fingerprint density at radius 3 is 1.19 bits per heavy atom. The molecule has 2 aromatic carbocycles. The number of hydrogen-bond acceptors (Lipinski definition) is 4. The number of rotatable bonds is 2.